The van der Waals surface area contributed by atoms with E-state index in [4.69, 9.17) is 5.73 Å². The van der Waals surface area contributed by atoms with Gasteiger partial charge in [0.1, 0.15) is 0 Å². The molecule has 0 unspecified atom stereocenters. The van der Waals surface area contributed by atoms with E-state index in [1.807, 2.05) is 20.8 Å². The average molecular weight is 390 g/mol. The quantitative estimate of drug-likeness (QED) is 0.697. The zero-order valence-electron chi connectivity index (χ0n) is 17.2. The van der Waals surface area contributed by atoms with E-state index in [1.54, 1.807) is 38.1 Å². The fraction of sp³-hybridized carbons (Fsp3) is 0.550. The van der Waals surface area contributed by atoms with Crippen LogP contribution in [0.4, 0.5) is 4.79 Å². The van der Waals surface area contributed by atoms with Crippen molar-refractivity contribution in [2.24, 2.45) is 11.1 Å². The molecule has 0 aliphatic carbocycles. The Morgan fingerprint density at radius 1 is 1.14 bits per heavy atom. The highest BCUT2D eigenvalue weighted by Crippen LogP contribution is 2.22. The van der Waals surface area contributed by atoms with Crippen molar-refractivity contribution in [3.8, 4) is 0 Å². The van der Waals surface area contributed by atoms with Crippen LogP contribution in [0.25, 0.3) is 11.0 Å². The summed E-state index contributed by atoms with van der Waals surface area (Å²) in [5, 5.41) is 12.8. The van der Waals surface area contributed by atoms with Gasteiger partial charge in [0.2, 0.25) is 5.91 Å². The van der Waals surface area contributed by atoms with Gasteiger partial charge in [0.15, 0.2) is 0 Å². The zero-order chi connectivity index (χ0) is 21.3. The highest BCUT2D eigenvalue weighted by atomic mass is 16.3. The molecular weight excluding hydrogens is 360 g/mol. The second-order valence-electron chi connectivity index (χ2n) is 8.86. The molecule has 8 heteroatoms. The van der Waals surface area contributed by atoms with Gasteiger partial charge < -0.3 is 16.2 Å². The summed E-state index contributed by atoms with van der Waals surface area (Å²) in [5.74, 6) is -0.528. The first-order chi connectivity index (χ1) is 12.8. The number of para-hydroxylation sites is 2. The number of hydrogen-bond donors (Lipinski definition) is 3. The number of aliphatic hydroxyl groups is 1. The lowest BCUT2D eigenvalue weighted by atomic mass is 9.84. The Hall–Kier alpha value is -2.61. The van der Waals surface area contributed by atoms with Crippen molar-refractivity contribution in [1.29, 1.82) is 0 Å². The van der Waals surface area contributed by atoms with Gasteiger partial charge in [-0.2, -0.15) is 0 Å². The number of carbonyl (C=O) groups excluding carboxylic acids is 2. The van der Waals surface area contributed by atoms with E-state index in [-0.39, 0.29) is 13.0 Å². The molecule has 0 aliphatic rings. The third-order valence-electron chi connectivity index (χ3n) is 4.73. The Kier molecular flexibility index (Phi) is 6.03. The summed E-state index contributed by atoms with van der Waals surface area (Å²) in [6.07, 6.45) is 0.330. The van der Waals surface area contributed by atoms with Crippen LogP contribution < -0.4 is 16.7 Å². The number of aromatic nitrogens is 2. The van der Waals surface area contributed by atoms with E-state index in [9.17, 15) is 19.5 Å². The van der Waals surface area contributed by atoms with Crippen LogP contribution in [-0.4, -0.2) is 37.8 Å². The van der Waals surface area contributed by atoms with Crippen molar-refractivity contribution in [2.45, 2.75) is 65.6 Å². The Labute approximate surface area is 164 Å². The molecule has 2 aromatic rings. The van der Waals surface area contributed by atoms with E-state index >= 15 is 0 Å². The maximum atomic E-state index is 13.0. The molecule has 28 heavy (non-hydrogen) atoms. The molecule has 154 valence electrons. The minimum Gasteiger partial charge on any atom is -0.390 e. The maximum Gasteiger partial charge on any atom is 0.337 e. The number of amides is 2. The van der Waals surface area contributed by atoms with Crippen LogP contribution in [0.5, 0.6) is 0 Å². The number of carbonyl (C=O) groups is 2. The summed E-state index contributed by atoms with van der Waals surface area (Å²) < 4.78 is 2.55. The molecule has 0 radical (unpaired) electrons. The predicted octanol–water partition coefficient (Wildman–Crippen LogP) is 1.81. The number of nitrogens with zero attached hydrogens (tertiary/aromatic N) is 2. The predicted molar refractivity (Wildman–Crippen MR) is 108 cm³/mol. The molecule has 4 N–H and O–H groups in total. The summed E-state index contributed by atoms with van der Waals surface area (Å²) in [4.78, 5) is 37.4. The number of nitrogens with one attached hydrogen (secondary N) is 1. The first kappa shape index (κ1) is 21.7. The highest BCUT2D eigenvalue weighted by Gasteiger charge is 2.30. The summed E-state index contributed by atoms with van der Waals surface area (Å²) >= 11 is 0. The van der Waals surface area contributed by atoms with Crippen LogP contribution in [0.3, 0.4) is 0 Å². The molecule has 0 spiro atoms. The number of fused-ring (bicyclic) bond motifs is 1. The molecule has 8 nitrogen and oxygen atoms in total. The normalized spacial score (nSPS) is 13.5. The van der Waals surface area contributed by atoms with Crippen LogP contribution in [0, 0.1) is 5.41 Å². The number of imidazole rings is 1. The van der Waals surface area contributed by atoms with Gasteiger partial charge in [-0.05, 0) is 37.8 Å². The molecule has 0 bridgehead atoms. The zero-order valence-corrected chi connectivity index (χ0v) is 17.2. The second-order valence-corrected chi connectivity index (χ2v) is 8.86. The number of benzene rings is 1. The topological polar surface area (TPSA) is 119 Å². The molecule has 0 saturated heterocycles. The Bertz CT molecular complexity index is 928. The smallest absolute Gasteiger partial charge is 0.337 e. The molecule has 1 atom stereocenters. The van der Waals surface area contributed by atoms with Gasteiger partial charge in [-0.1, -0.05) is 32.9 Å². The van der Waals surface area contributed by atoms with Crippen molar-refractivity contribution in [3.63, 3.8) is 0 Å². The number of nitrogens with two attached hydrogens (primary N) is 1. The van der Waals surface area contributed by atoms with E-state index in [0.717, 1.165) is 4.57 Å². The van der Waals surface area contributed by atoms with Crippen molar-refractivity contribution in [3.05, 3.63) is 34.7 Å². The lowest BCUT2D eigenvalue weighted by Crippen LogP contribution is -2.49. The van der Waals surface area contributed by atoms with Crippen LogP contribution >= 0.6 is 0 Å². The monoisotopic (exact) mass is 390 g/mol. The van der Waals surface area contributed by atoms with Gasteiger partial charge in [0.05, 0.1) is 16.6 Å². The minimum atomic E-state index is -0.941. The van der Waals surface area contributed by atoms with Crippen molar-refractivity contribution in [2.75, 3.05) is 0 Å². The summed E-state index contributed by atoms with van der Waals surface area (Å²) in [5.41, 5.74) is 4.54. The van der Waals surface area contributed by atoms with Crippen molar-refractivity contribution in [1.82, 2.24) is 14.5 Å². The van der Waals surface area contributed by atoms with E-state index in [0.29, 0.717) is 17.5 Å². The summed E-state index contributed by atoms with van der Waals surface area (Å²) in [6, 6.07) is 5.85. The number of rotatable bonds is 6. The third kappa shape index (κ3) is 5.01. The Morgan fingerprint density at radius 2 is 1.71 bits per heavy atom. The average Bonchev–Trinajstić information content (AvgIpc) is 2.81. The molecule has 2 amide bonds. The molecule has 0 aliphatic heterocycles. The van der Waals surface area contributed by atoms with Crippen LogP contribution in [0.15, 0.2) is 29.1 Å². The van der Waals surface area contributed by atoms with Crippen molar-refractivity contribution < 1.29 is 14.7 Å². The Morgan fingerprint density at radius 3 is 2.21 bits per heavy atom. The first-order valence-corrected chi connectivity index (χ1v) is 9.33. The molecule has 0 fully saturated rings. The summed E-state index contributed by atoms with van der Waals surface area (Å²) in [6.45, 7) is 9.26. The van der Waals surface area contributed by atoms with Gasteiger partial charge in [0, 0.05) is 19.0 Å². The molecule has 0 saturated carbocycles. The third-order valence-corrected chi connectivity index (χ3v) is 4.73. The number of hydrogen-bond acceptors (Lipinski definition) is 4. The second kappa shape index (κ2) is 7.79. The Balaban J connectivity index is 2.46. The van der Waals surface area contributed by atoms with Crippen LogP contribution in [0.2, 0.25) is 0 Å². The minimum absolute atomic E-state index is 0.0265. The number of primary amides is 1. The van der Waals surface area contributed by atoms with E-state index in [1.165, 1.54) is 4.57 Å². The van der Waals surface area contributed by atoms with Gasteiger partial charge in [-0.3, -0.25) is 9.36 Å². The standard InChI is InChI=1S/C20H30N4O4/c1-19(2,3)15(12-16(21)25)22-17(26)24-14-9-7-6-8-13(14)23(18(24)27)11-10-20(4,5)28/h6-9,15,28H,10-12H2,1-5H3,(H2,21,25)(H,22,26)/t15-/m1/s1. The first-order valence-electron chi connectivity index (χ1n) is 9.33. The lowest BCUT2D eigenvalue weighted by Gasteiger charge is -2.30. The van der Waals surface area contributed by atoms with Crippen LogP contribution in [-0.2, 0) is 11.3 Å². The largest absolute Gasteiger partial charge is 0.390 e. The van der Waals surface area contributed by atoms with Gasteiger partial charge in [-0.25, -0.2) is 14.2 Å². The summed E-state index contributed by atoms with van der Waals surface area (Å²) in [7, 11) is 0. The van der Waals surface area contributed by atoms with Gasteiger partial charge >= 0.3 is 11.7 Å². The number of aryl methyl sites for hydroxylation is 1. The molecule has 1 heterocycles. The molecule has 1 aromatic heterocycles. The lowest BCUT2D eigenvalue weighted by molar-refractivity contribution is -0.119. The molecule has 1 aromatic carbocycles. The molecule has 2 rings (SSSR count). The molecular formula is C20H30N4O4. The van der Waals surface area contributed by atoms with Crippen LogP contribution in [0.1, 0.15) is 47.5 Å². The van der Waals surface area contributed by atoms with E-state index in [2.05, 4.69) is 5.32 Å². The van der Waals surface area contributed by atoms with E-state index < -0.39 is 34.7 Å². The SMILES string of the molecule is CC(C)(O)CCn1c(=O)n(C(=O)N[C@H](CC(N)=O)C(C)(C)C)c2ccccc21. The maximum absolute atomic E-state index is 13.0. The fourth-order valence-electron chi connectivity index (χ4n) is 2.99. The fourth-order valence-corrected chi connectivity index (χ4v) is 2.99. The van der Waals surface area contributed by atoms with Gasteiger partial charge in [-0.15, -0.1) is 0 Å². The highest BCUT2D eigenvalue weighted by molar-refractivity contribution is 5.90. The van der Waals surface area contributed by atoms with Crippen molar-refractivity contribution >= 4 is 23.0 Å². The van der Waals surface area contributed by atoms with Gasteiger partial charge in [0.25, 0.3) is 0 Å².